The third kappa shape index (κ3) is 2.73. The Labute approximate surface area is 101 Å². The maximum atomic E-state index is 11.6. The van der Waals surface area contributed by atoms with Crippen molar-refractivity contribution in [2.45, 2.75) is 26.8 Å². The molecule has 0 saturated carbocycles. The van der Waals surface area contributed by atoms with Crippen LogP contribution in [-0.2, 0) is 11.3 Å². The molecule has 0 aliphatic carbocycles. The molecular formula is C14H17NO2. The van der Waals surface area contributed by atoms with Crippen molar-refractivity contribution < 1.29 is 9.59 Å². The summed E-state index contributed by atoms with van der Waals surface area (Å²) in [7, 11) is 0. The Bertz CT molecular complexity index is 436. The van der Waals surface area contributed by atoms with Crippen LogP contribution in [0.15, 0.2) is 24.3 Å². The number of likely N-dealkylation sites (tertiary alicyclic amines) is 1. The minimum Gasteiger partial charge on any atom is -0.338 e. The number of carbonyl (C=O) groups excluding carboxylic acids is 2. The molecule has 1 amide bonds. The molecule has 90 valence electrons. The van der Waals surface area contributed by atoms with Gasteiger partial charge in [-0.3, -0.25) is 9.59 Å². The van der Waals surface area contributed by atoms with Crippen LogP contribution in [-0.4, -0.2) is 23.1 Å². The first-order chi connectivity index (χ1) is 8.06. The average molecular weight is 231 g/mol. The molecule has 1 aliphatic heterocycles. The van der Waals surface area contributed by atoms with Crippen molar-refractivity contribution in [2.24, 2.45) is 5.92 Å². The minimum atomic E-state index is 0.0717. The molecule has 0 bridgehead atoms. The van der Waals surface area contributed by atoms with Crippen LogP contribution in [0.4, 0.5) is 0 Å². The summed E-state index contributed by atoms with van der Waals surface area (Å²) in [4.78, 5) is 24.7. The third-order valence-corrected chi connectivity index (χ3v) is 3.14. The number of benzene rings is 1. The average Bonchev–Trinajstić information content (AvgIpc) is 2.58. The quantitative estimate of drug-likeness (QED) is 0.748. The molecule has 1 unspecified atom stereocenters. The van der Waals surface area contributed by atoms with Crippen molar-refractivity contribution in [3.63, 3.8) is 0 Å². The molecule has 1 fully saturated rings. The summed E-state index contributed by atoms with van der Waals surface area (Å²) >= 11 is 0. The highest BCUT2D eigenvalue weighted by atomic mass is 16.2. The molecule has 2 rings (SSSR count). The number of amides is 1. The lowest BCUT2D eigenvalue weighted by atomic mass is 10.1. The van der Waals surface area contributed by atoms with E-state index in [0.717, 1.165) is 17.7 Å². The summed E-state index contributed by atoms with van der Waals surface area (Å²) in [6.45, 7) is 5.14. The molecule has 1 aliphatic rings. The number of hydrogen-bond acceptors (Lipinski definition) is 2. The number of nitrogens with zero attached hydrogens (tertiary/aromatic N) is 1. The van der Waals surface area contributed by atoms with Gasteiger partial charge >= 0.3 is 0 Å². The highest BCUT2D eigenvalue weighted by molar-refractivity contribution is 5.94. The van der Waals surface area contributed by atoms with Gasteiger partial charge < -0.3 is 4.90 Å². The number of ketones is 1. The van der Waals surface area contributed by atoms with Crippen LogP contribution in [0, 0.1) is 5.92 Å². The molecule has 1 aromatic carbocycles. The van der Waals surface area contributed by atoms with Gasteiger partial charge in [-0.25, -0.2) is 0 Å². The van der Waals surface area contributed by atoms with Crippen LogP contribution < -0.4 is 0 Å². The molecule has 1 saturated heterocycles. The SMILES string of the molecule is CC(=O)c1ccc(CN2CC(C)CC2=O)cc1. The van der Waals surface area contributed by atoms with Gasteiger partial charge in [-0.15, -0.1) is 0 Å². The Balaban J connectivity index is 2.04. The fourth-order valence-corrected chi connectivity index (χ4v) is 2.19. The molecule has 0 radical (unpaired) electrons. The summed E-state index contributed by atoms with van der Waals surface area (Å²) in [5, 5.41) is 0. The smallest absolute Gasteiger partial charge is 0.223 e. The molecule has 1 aromatic rings. The van der Waals surface area contributed by atoms with E-state index in [1.54, 1.807) is 6.92 Å². The van der Waals surface area contributed by atoms with E-state index in [4.69, 9.17) is 0 Å². The predicted octanol–water partition coefficient (Wildman–Crippen LogP) is 2.26. The third-order valence-electron chi connectivity index (χ3n) is 3.14. The van der Waals surface area contributed by atoms with E-state index in [1.807, 2.05) is 29.2 Å². The Morgan fingerprint density at radius 2 is 2.00 bits per heavy atom. The summed E-state index contributed by atoms with van der Waals surface area (Å²) < 4.78 is 0. The van der Waals surface area contributed by atoms with Gasteiger partial charge in [0.25, 0.3) is 0 Å². The lowest BCUT2D eigenvalue weighted by Gasteiger charge is -2.16. The van der Waals surface area contributed by atoms with Gasteiger partial charge in [0.05, 0.1) is 0 Å². The van der Waals surface area contributed by atoms with Crippen molar-refractivity contribution in [2.75, 3.05) is 6.54 Å². The van der Waals surface area contributed by atoms with E-state index in [9.17, 15) is 9.59 Å². The van der Waals surface area contributed by atoms with Gasteiger partial charge in [0.15, 0.2) is 5.78 Å². The molecule has 0 aromatic heterocycles. The molecule has 17 heavy (non-hydrogen) atoms. The monoisotopic (exact) mass is 231 g/mol. The van der Waals surface area contributed by atoms with Crippen LogP contribution in [0.2, 0.25) is 0 Å². The fraction of sp³-hybridized carbons (Fsp3) is 0.429. The van der Waals surface area contributed by atoms with Crippen LogP contribution in [0.25, 0.3) is 0 Å². The van der Waals surface area contributed by atoms with Gasteiger partial charge in [0.2, 0.25) is 5.91 Å². The number of hydrogen-bond donors (Lipinski definition) is 0. The van der Waals surface area contributed by atoms with Gasteiger partial charge in [-0.05, 0) is 18.4 Å². The first-order valence-corrected chi connectivity index (χ1v) is 5.94. The summed E-state index contributed by atoms with van der Waals surface area (Å²) in [5.41, 5.74) is 1.80. The minimum absolute atomic E-state index is 0.0717. The zero-order valence-electron chi connectivity index (χ0n) is 10.3. The predicted molar refractivity (Wildman–Crippen MR) is 65.6 cm³/mol. The van der Waals surface area contributed by atoms with Crippen molar-refractivity contribution in [1.82, 2.24) is 4.90 Å². The number of Topliss-reactive ketones (excluding diaryl/α,β-unsaturated/α-hetero) is 1. The van der Waals surface area contributed by atoms with Crippen LogP contribution in [0.3, 0.4) is 0 Å². The van der Waals surface area contributed by atoms with Crippen molar-refractivity contribution in [3.05, 3.63) is 35.4 Å². The highest BCUT2D eigenvalue weighted by Crippen LogP contribution is 2.19. The van der Waals surface area contributed by atoms with E-state index in [0.29, 0.717) is 18.9 Å². The first-order valence-electron chi connectivity index (χ1n) is 5.94. The first kappa shape index (κ1) is 11.8. The van der Waals surface area contributed by atoms with Gasteiger partial charge in [0, 0.05) is 25.1 Å². The molecule has 0 spiro atoms. The molecule has 1 atom stereocenters. The van der Waals surface area contributed by atoms with Crippen LogP contribution in [0.1, 0.15) is 36.2 Å². The summed E-state index contributed by atoms with van der Waals surface area (Å²) in [6, 6.07) is 7.49. The van der Waals surface area contributed by atoms with E-state index in [2.05, 4.69) is 6.92 Å². The number of rotatable bonds is 3. The second kappa shape index (κ2) is 4.70. The van der Waals surface area contributed by atoms with Gasteiger partial charge in [0.1, 0.15) is 0 Å². The highest BCUT2D eigenvalue weighted by Gasteiger charge is 2.26. The molecular weight excluding hydrogens is 214 g/mol. The number of carbonyl (C=O) groups is 2. The van der Waals surface area contributed by atoms with Crippen molar-refractivity contribution >= 4 is 11.7 Å². The zero-order valence-corrected chi connectivity index (χ0v) is 10.3. The summed E-state index contributed by atoms with van der Waals surface area (Å²) in [5.74, 6) is 0.759. The molecule has 3 heteroatoms. The topological polar surface area (TPSA) is 37.4 Å². The summed E-state index contributed by atoms with van der Waals surface area (Å²) in [6.07, 6.45) is 0.658. The van der Waals surface area contributed by atoms with Crippen LogP contribution in [0.5, 0.6) is 0 Å². The Morgan fingerprint density at radius 1 is 1.35 bits per heavy atom. The Morgan fingerprint density at radius 3 is 2.47 bits per heavy atom. The van der Waals surface area contributed by atoms with E-state index >= 15 is 0 Å². The second-order valence-electron chi connectivity index (χ2n) is 4.84. The van der Waals surface area contributed by atoms with Gasteiger partial charge in [-0.1, -0.05) is 31.2 Å². The van der Waals surface area contributed by atoms with Gasteiger partial charge in [-0.2, -0.15) is 0 Å². The fourth-order valence-electron chi connectivity index (χ4n) is 2.19. The molecule has 3 nitrogen and oxygen atoms in total. The normalized spacial score (nSPS) is 19.8. The zero-order chi connectivity index (χ0) is 12.4. The van der Waals surface area contributed by atoms with E-state index in [-0.39, 0.29) is 11.7 Å². The Kier molecular flexibility index (Phi) is 3.27. The lowest BCUT2D eigenvalue weighted by Crippen LogP contribution is -2.24. The maximum Gasteiger partial charge on any atom is 0.223 e. The van der Waals surface area contributed by atoms with Crippen LogP contribution >= 0.6 is 0 Å². The molecule has 1 heterocycles. The maximum absolute atomic E-state index is 11.6. The van der Waals surface area contributed by atoms with Crippen molar-refractivity contribution in [3.8, 4) is 0 Å². The Hall–Kier alpha value is -1.64. The molecule has 0 N–H and O–H groups in total. The largest absolute Gasteiger partial charge is 0.338 e. The second-order valence-corrected chi connectivity index (χ2v) is 4.84. The van der Waals surface area contributed by atoms with E-state index < -0.39 is 0 Å². The lowest BCUT2D eigenvalue weighted by molar-refractivity contribution is -0.128. The standard InChI is InChI=1S/C14H17NO2/c1-10-7-14(17)15(8-10)9-12-3-5-13(6-4-12)11(2)16/h3-6,10H,7-9H2,1-2H3. The van der Waals surface area contributed by atoms with Crippen molar-refractivity contribution in [1.29, 1.82) is 0 Å². The van der Waals surface area contributed by atoms with E-state index in [1.165, 1.54) is 0 Å².